The number of benzene rings is 1. The van der Waals surface area contributed by atoms with Gasteiger partial charge < -0.3 is 23.5 Å². The first-order valence-corrected chi connectivity index (χ1v) is 8.75. The van der Waals surface area contributed by atoms with Gasteiger partial charge in [0.15, 0.2) is 11.5 Å². The standard InChI is InChI=1S/C20H23NO6/c1-13-8-16(11-20(23)26-13)27-15-6-7-21(12-15)19(22)10-14-4-5-17(24-2)18(9-14)25-3/h4-5,8-9,11,15H,6-7,10,12H2,1-3H3. The highest BCUT2D eigenvalue weighted by Crippen LogP contribution is 2.28. The maximum absolute atomic E-state index is 12.6. The largest absolute Gasteiger partial charge is 0.493 e. The number of amides is 1. The highest BCUT2D eigenvalue weighted by atomic mass is 16.5. The summed E-state index contributed by atoms with van der Waals surface area (Å²) in [5.74, 6) is 2.23. The summed E-state index contributed by atoms with van der Waals surface area (Å²) in [4.78, 5) is 25.8. The molecule has 1 aromatic heterocycles. The molecule has 1 fully saturated rings. The number of hydrogen-bond acceptors (Lipinski definition) is 6. The van der Waals surface area contributed by atoms with E-state index < -0.39 is 5.63 Å². The van der Waals surface area contributed by atoms with Gasteiger partial charge in [0.1, 0.15) is 17.6 Å². The van der Waals surface area contributed by atoms with E-state index in [4.69, 9.17) is 18.6 Å². The van der Waals surface area contributed by atoms with Gasteiger partial charge in [-0.1, -0.05) is 6.07 Å². The first-order valence-electron chi connectivity index (χ1n) is 8.75. The lowest BCUT2D eigenvalue weighted by atomic mass is 10.1. The molecule has 1 atom stereocenters. The fourth-order valence-electron chi connectivity index (χ4n) is 3.16. The van der Waals surface area contributed by atoms with Crippen molar-refractivity contribution in [2.24, 2.45) is 0 Å². The molecule has 1 amide bonds. The molecule has 1 saturated heterocycles. The minimum atomic E-state index is -0.440. The maximum atomic E-state index is 12.6. The van der Waals surface area contributed by atoms with E-state index in [1.165, 1.54) is 6.07 Å². The van der Waals surface area contributed by atoms with Gasteiger partial charge in [0, 0.05) is 19.0 Å². The van der Waals surface area contributed by atoms with Crippen LogP contribution in [0.3, 0.4) is 0 Å². The average molecular weight is 373 g/mol. The van der Waals surface area contributed by atoms with Gasteiger partial charge in [-0.15, -0.1) is 0 Å². The number of aryl methyl sites for hydroxylation is 1. The van der Waals surface area contributed by atoms with Crippen molar-refractivity contribution in [2.75, 3.05) is 27.3 Å². The fraction of sp³-hybridized carbons (Fsp3) is 0.400. The van der Waals surface area contributed by atoms with Gasteiger partial charge in [-0.25, -0.2) is 4.79 Å². The van der Waals surface area contributed by atoms with Gasteiger partial charge in [-0.2, -0.15) is 0 Å². The minimum absolute atomic E-state index is 0.0251. The van der Waals surface area contributed by atoms with Gasteiger partial charge in [-0.3, -0.25) is 4.79 Å². The Bertz CT molecular complexity index is 875. The van der Waals surface area contributed by atoms with Crippen LogP contribution in [0, 0.1) is 6.92 Å². The number of carbonyl (C=O) groups excluding carboxylic acids is 1. The molecule has 1 aliphatic heterocycles. The number of rotatable bonds is 6. The lowest BCUT2D eigenvalue weighted by Gasteiger charge is -2.18. The van der Waals surface area contributed by atoms with Gasteiger partial charge >= 0.3 is 5.63 Å². The predicted molar refractivity (Wildman–Crippen MR) is 98.6 cm³/mol. The van der Waals surface area contributed by atoms with Crippen LogP contribution in [0.1, 0.15) is 17.7 Å². The summed E-state index contributed by atoms with van der Waals surface area (Å²) >= 11 is 0. The Labute approximate surface area is 157 Å². The Balaban J connectivity index is 1.60. The van der Waals surface area contributed by atoms with Crippen molar-refractivity contribution in [1.29, 1.82) is 0 Å². The third-order valence-electron chi connectivity index (χ3n) is 4.47. The van der Waals surface area contributed by atoms with Crippen molar-refractivity contribution < 1.29 is 23.4 Å². The predicted octanol–water partition coefficient (Wildman–Crippen LogP) is 2.19. The van der Waals surface area contributed by atoms with E-state index in [1.54, 1.807) is 38.2 Å². The summed E-state index contributed by atoms with van der Waals surface area (Å²) in [6.45, 7) is 2.81. The van der Waals surface area contributed by atoms with E-state index in [0.29, 0.717) is 36.1 Å². The Morgan fingerprint density at radius 3 is 2.67 bits per heavy atom. The molecule has 3 rings (SSSR count). The van der Waals surface area contributed by atoms with Crippen LogP contribution < -0.4 is 19.8 Å². The van der Waals surface area contributed by atoms with E-state index in [9.17, 15) is 9.59 Å². The third-order valence-corrected chi connectivity index (χ3v) is 4.47. The van der Waals surface area contributed by atoms with E-state index >= 15 is 0 Å². The SMILES string of the molecule is COc1ccc(CC(=O)N2CCC(Oc3cc(C)oc(=O)c3)C2)cc1OC. The Morgan fingerprint density at radius 2 is 1.96 bits per heavy atom. The van der Waals surface area contributed by atoms with Gasteiger partial charge in [0.25, 0.3) is 0 Å². The minimum Gasteiger partial charge on any atom is -0.493 e. The smallest absolute Gasteiger partial charge is 0.339 e. The average Bonchev–Trinajstić information content (AvgIpc) is 3.09. The van der Waals surface area contributed by atoms with Crippen molar-refractivity contribution in [2.45, 2.75) is 25.9 Å². The molecule has 144 valence electrons. The molecule has 0 radical (unpaired) electrons. The van der Waals surface area contributed by atoms with Crippen molar-refractivity contribution in [3.8, 4) is 17.2 Å². The van der Waals surface area contributed by atoms with Crippen molar-refractivity contribution >= 4 is 5.91 Å². The topological polar surface area (TPSA) is 78.2 Å². The second-order valence-corrected chi connectivity index (χ2v) is 6.46. The van der Waals surface area contributed by atoms with Crippen LogP contribution in [0.25, 0.3) is 0 Å². The first kappa shape index (κ1) is 18.8. The molecule has 0 aliphatic carbocycles. The van der Waals surface area contributed by atoms with Gasteiger partial charge in [-0.05, 0) is 24.6 Å². The summed E-state index contributed by atoms with van der Waals surface area (Å²) < 4.78 is 21.3. The normalized spacial score (nSPS) is 16.3. The Morgan fingerprint density at radius 1 is 1.19 bits per heavy atom. The van der Waals surface area contributed by atoms with Crippen molar-refractivity contribution in [1.82, 2.24) is 4.90 Å². The lowest BCUT2D eigenvalue weighted by Crippen LogP contribution is -2.32. The monoisotopic (exact) mass is 373 g/mol. The molecule has 1 aromatic carbocycles. The number of ether oxygens (including phenoxy) is 3. The van der Waals surface area contributed by atoms with Gasteiger partial charge in [0.05, 0.1) is 33.3 Å². The highest BCUT2D eigenvalue weighted by Gasteiger charge is 2.28. The van der Waals surface area contributed by atoms with E-state index in [2.05, 4.69) is 0 Å². The molecule has 2 heterocycles. The molecular weight excluding hydrogens is 350 g/mol. The van der Waals surface area contributed by atoms with E-state index in [1.807, 2.05) is 12.1 Å². The van der Waals surface area contributed by atoms with E-state index in [-0.39, 0.29) is 18.4 Å². The van der Waals surface area contributed by atoms with Crippen LogP contribution in [0.4, 0.5) is 0 Å². The molecule has 0 spiro atoms. The summed E-state index contributed by atoms with van der Waals surface area (Å²) in [5, 5.41) is 0. The Kier molecular flexibility index (Phi) is 5.69. The lowest BCUT2D eigenvalue weighted by molar-refractivity contribution is -0.129. The summed E-state index contributed by atoms with van der Waals surface area (Å²) in [6.07, 6.45) is 0.860. The third kappa shape index (κ3) is 4.61. The number of carbonyl (C=O) groups is 1. The summed E-state index contributed by atoms with van der Waals surface area (Å²) in [6, 6.07) is 8.46. The number of hydrogen-bond donors (Lipinski definition) is 0. The molecule has 2 aromatic rings. The number of methoxy groups -OCH3 is 2. The molecule has 1 aliphatic rings. The molecule has 7 nitrogen and oxygen atoms in total. The second kappa shape index (κ2) is 8.16. The molecule has 0 saturated carbocycles. The molecule has 7 heteroatoms. The Hall–Kier alpha value is -2.96. The van der Waals surface area contributed by atoms with Crippen LogP contribution in [-0.2, 0) is 11.2 Å². The molecule has 1 unspecified atom stereocenters. The van der Waals surface area contributed by atoms with Crippen molar-refractivity contribution in [3.63, 3.8) is 0 Å². The van der Waals surface area contributed by atoms with Gasteiger partial charge in [0.2, 0.25) is 5.91 Å². The molecule has 0 N–H and O–H groups in total. The van der Waals surface area contributed by atoms with Crippen LogP contribution in [0.5, 0.6) is 17.2 Å². The first-order chi connectivity index (χ1) is 13.0. The zero-order valence-electron chi connectivity index (χ0n) is 15.7. The zero-order chi connectivity index (χ0) is 19.4. The summed E-state index contributed by atoms with van der Waals surface area (Å²) in [5.41, 5.74) is 0.419. The number of nitrogens with zero attached hydrogens (tertiary/aromatic N) is 1. The van der Waals surface area contributed by atoms with Crippen LogP contribution >= 0.6 is 0 Å². The van der Waals surface area contributed by atoms with Crippen molar-refractivity contribution in [3.05, 3.63) is 52.1 Å². The maximum Gasteiger partial charge on any atom is 0.339 e. The highest BCUT2D eigenvalue weighted by molar-refractivity contribution is 5.79. The summed E-state index contributed by atoms with van der Waals surface area (Å²) in [7, 11) is 3.14. The quantitative estimate of drug-likeness (QED) is 0.772. The van der Waals surface area contributed by atoms with Crippen LogP contribution in [0.2, 0.25) is 0 Å². The van der Waals surface area contributed by atoms with Crippen LogP contribution in [0.15, 0.2) is 39.5 Å². The second-order valence-electron chi connectivity index (χ2n) is 6.46. The zero-order valence-corrected chi connectivity index (χ0v) is 15.7. The number of likely N-dealkylation sites (tertiary alicyclic amines) is 1. The molecular formula is C20H23NO6. The van der Waals surface area contributed by atoms with E-state index in [0.717, 1.165) is 12.0 Å². The fourth-order valence-corrected chi connectivity index (χ4v) is 3.16. The molecule has 27 heavy (non-hydrogen) atoms. The van der Waals surface area contributed by atoms with Crippen LogP contribution in [-0.4, -0.2) is 44.2 Å². The molecule has 0 bridgehead atoms.